The zero-order chi connectivity index (χ0) is 15.9. The molecule has 0 N–H and O–H groups in total. The number of methoxy groups -OCH3 is 4. The zero-order valence-corrected chi connectivity index (χ0v) is 14.2. The van der Waals surface area contributed by atoms with Gasteiger partial charge in [0.15, 0.2) is 6.29 Å². The van der Waals surface area contributed by atoms with E-state index in [1.54, 1.807) is 28.4 Å². The Bertz CT molecular complexity index is 307. The molecule has 1 aliphatic heterocycles. The summed E-state index contributed by atoms with van der Waals surface area (Å²) < 4.78 is 34.4. The Kier molecular flexibility index (Phi) is 7.53. The van der Waals surface area contributed by atoms with Gasteiger partial charge in [0.05, 0.1) is 12.7 Å². The molecule has 1 saturated carbocycles. The van der Waals surface area contributed by atoms with Gasteiger partial charge in [-0.1, -0.05) is 19.3 Å². The van der Waals surface area contributed by atoms with Crippen molar-refractivity contribution in [3.05, 3.63) is 0 Å². The topological polar surface area (TPSA) is 55.4 Å². The van der Waals surface area contributed by atoms with E-state index in [0.29, 0.717) is 6.61 Å². The summed E-state index contributed by atoms with van der Waals surface area (Å²) in [6.45, 7) is 0.430. The van der Waals surface area contributed by atoms with Crippen LogP contribution in [-0.2, 0) is 28.4 Å². The molecule has 0 bridgehead atoms. The third kappa shape index (κ3) is 4.19. The Balaban J connectivity index is 2.08. The molecule has 0 unspecified atom stereocenters. The van der Waals surface area contributed by atoms with Crippen LogP contribution in [0.5, 0.6) is 0 Å². The molecule has 22 heavy (non-hydrogen) atoms. The van der Waals surface area contributed by atoms with Crippen LogP contribution in [0.2, 0.25) is 0 Å². The van der Waals surface area contributed by atoms with E-state index in [-0.39, 0.29) is 30.5 Å². The van der Waals surface area contributed by atoms with E-state index in [1.807, 2.05) is 0 Å². The van der Waals surface area contributed by atoms with Crippen LogP contribution in [0.3, 0.4) is 0 Å². The van der Waals surface area contributed by atoms with Crippen molar-refractivity contribution in [3.8, 4) is 0 Å². The van der Waals surface area contributed by atoms with Crippen LogP contribution in [0, 0.1) is 0 Å². The Morgan fingerprint density at radius 3 is 2.00 bits per heavy atom. The Morgan fingerprint density at radius 2 is 1.45 bits per heavy atom. The summed E-state index contributed by atoms with van der Waals surface area (Å²) in [7, 11) is 6.62. The lowest BCUT2D eigenvalue weighted by molar-refractivity contribution is -0.323. The molecule has 0 aromatic heterocycles. The Morgan fingerprint density at radius 1 is 0.818 bits per heavy atom. The van der Waals surface area contributed by atoms with Gasteiger partial charge in [0, 0.05) is 28.4 Å². The van der Waals surface area contributed by atoms with E-state index in [4.69, 9.17) is 28.4 Å². The van der Waals surface area contributed by atoms with E-state index in [1.165, 1.54) is 19.3 Å². The highest BCUT2D eigenvalue weighted by atomic mass is 16.7. The van der Waals surface area contributed by atoms with Gasteiger partial charge in [-0.25, -0.2) is 0 Å². The standard InChI is InChI=1S/C16H30O6/c1-17-10-12-13(18-2)14(19-3)15(20-4)16(22-12)21-11-8-6-5-7-9-11/h11-16H,5-10H2,1-4H3/t12-,13-,14+,15-,16-/m0/s1. The monoisotopic (exact) mass is 318 g/mol. The highest BCUT2D eigenvalue weighted by Crippen LogP contribution is 2.31. The quantitative estimate of drug-likeness (QED) is 0.713. The maximum absolute atomic E-state index is 6.20. The van der Waals surface area contributed by atoms with Crippen molar-refractivity contribution in [1.29, 1.82) is 0 Å². The lowest BCUT2D eigenvalue weighted by Gasteiger charge is -2.45. The molecule has 1 heterocycles. The van der Waals surface area contributed by atoms with Crippen LogP contribution in [0.15, 0.2) is 0 Å². The van der Waals surface area contributed by atoms with Gasteiger partial charge in [0.2, 0.25) is 0 Å². The first-order chi connectivity index (χ1) is 10.7. The van der Waals surface area contributed by atoms with Crippen molar-refractivity contribution >= 4 is 0 Å². The van der Waals surface area contributed by atoms with Gasteiger partial charge in [-0.3, -0.25) is 0 Å². The van der Waals surface area contributed by atoms with E-state index in [2.05, 4.69) is 0 Å². The predicted octanol–water partition coefficient (Wildman–Crippen LogP) is 1.75. The molecule has 1 aliphatic carbocycles. The van der Waals surface area contributed by atoms with Gasteiger partial charge in [-0.15, -0.1) is 0 Å². The first-order valence-electron chi connectivity index (χ1n) is 8.13. The molecule has 2 aliphatic rings. The van der Waals surface area contributed by atoms with Crippen molar-refractivity contribution in [2.45, 2.75) is 68.9 Å². The number of hydrogen-bond acceptors (Lipinski definition) is 6. The van der Waals surface area contributed by atoms with Crippen LogP contribution < -0.4 is 0 Å². The molecule has 0 amide bonds. The van der Waals surface area contributed by atoms with Crippen LogP contribution in [0.1, 0.15) is 32.1 Å². The van der Waals surface area contributed by atoms with Gasteiger partial charge in [-0.05, 0) is 12.8 Å². The zero-order valence-electron chi connectivity index (χ0n) is 14.2. The summed E-state index contributed by atoms with van der Waals surface area (Å²) in [5.74, 6) is 0. The van der Waals surface area contributed by atoms with Crippen molar-refractivity contribution in [1.82, 2.24) is 0 Å². The first-order valence-corrected chi connectivity index (χ1v) is 8.13. The Hall–Kier alpha value is -0.240. The number of rotatable bonds is 7. The molecule has 0 aromatic carbocycles. The van der Waals surface area contributed by atoms with Crippen LogP contribution in [-0.4, -0.2) is 71.9 Å². The largest absolute Gasteiger partial charge is 0.382 e. The molecule has 0 spiro atoms. The highest BCUT2D eigenvalue weighted by Gasteiger charge is 2.48. The lowest BCUT2D eigenvalue weighted by atomic mass is 9.96. The smallest absolute Gasteiger partial charge is 0.187 e. The van der Waals surface area contributed by atoms with Gasteiger partial charge in [0.1, 0.15) is 24.4 Å². The van der Waals surface area contributed by atoms with Gasteiger partial charge < -0.3 is 28.4 Å². The second-order valence-corrected chi connectivity index (χ2v) is 6.00. The summed E-state index contributed by atoms with van der Waals surface area (Å²) in [5.41, 5.74) is 0. The SMILES string of the molecule is COC[C@@H]1O[C@H](OC2CCCCC2)[C@@H](OC)[C@H](OC)[C@H]1OC. The van der Waals surface area contributed by atoms with Crippen LogP contribution in [0.25, 0.3) is 0 Å². The molecule has 2 fully saturated rings. The number of hydrogen-bond donors (Lipinski definition) is 0. The molecule has 2 rings (SSSR count). The fraction of sp³-hybridized carbons (Fsp3) is 1.00. The maximum Gasteiger partial charge on any atom is 0.187 e. The third-order valence-corrected chi connectivity index (χ3v) is 4.62. The number of ether oxygens (including phenoxy) is 6. The summed E-state index contributed by atoms with van der Waals surface area (Å²) in [6, 6.07) is 0. The van der Waals surface area contributed by atoms with Crippen LogP contribution in [0.4, 0.5) is 0 Å². The first kappa shape index (κ1) is 18.1. The normalized spacial score (nSPS) is 37.4. The van der Waals surface area contributed by atoms with Crippen LogP contribution >= 0.6 is 0 Å². The third-order valence-electron chi connectivity index (χ3n) is 4.62. The van der Waals surface area contributed by atoms with Crippen molar-refractivity contribution in [2.24, 2.45) is 0 Å². The van der Waals surface area contributed by atoms with Gasteiger partial charge in [-0.2, -0.15) is 0 Å². The predicted molar refractivity (Wildman–Crippen MR) is 80.9 cm³/mol. The minimum atomic E-state index is -0.454. The molecule has 6 nitrogen and oxygen atoms in total. The van der Waals surface area contributed by atoms with Gasteiger partial charge >= 0.3 is 0 Å². The van der Waals surface area contributed by atoms with Crippen molar-refractivity contribution in [3.63, 3.8) is 0 Å². The fourth-order valence-electron chi connectivity index (χ4n) is 3.48. The molecular formula is C16H30O6. The average Bonchev–Trinajstić information content (AvgIpc) is 2.55. The lowest BCUT2D eigenvalue weighted by Crippen LogP contribution is -2.61. The second kappa shape index (κ2) is 9.15. The summed E-state index contributed by atoms with van der Waals surface area (Å²) in [5, 5.41) is 0. The molecule has 0 aromatic rings. The van der Waals surface area contributed by atoms with Crippen molar-refractivity contribution < 1.29 is 28.4 Å². The molecular weight excluding hydrogens is 288 g/mol. The maximum atomic E-state index is 6.20. The minimum Gasteiger partial charge on any atom is -0.382 e. The molecule has 6 heteroatoms. The minimum absolute atomic E-state index is 0.233. The van der Waals surface area contributed by atoms with E-state index in [0.717, 1.165) is 12.8 Å². The van der Waals surface area contributed by atoms with E-state index in [9.17, 15) is 0 Å². The Labute approximate surface area is 133 Å². The molecule has 5 atom stereocenters. The van der Waals surface area contributed by atoms with Gasteiger partial charge in [0.25, 0.3) is 0 Å². The van der Waals surface area contributed by atoms with E-state index >= 15 is 0 Å². The average molecular weight is 318 g/mol. The van der Waals surface area contributed by atoms with E-state index < -0.39 is 6.29 Å². The summed E-state index contributed by atoms with van der Waals surface area (Å²) in [6.07, 6.45) is 4.60. The highest BCUT2D eigenvalue weighted by molar-refractivity contribution is 4.92. The van der Waals surface area contributed by atoms with Crippen molar-refractivity contribution in [2.75, 3.05) is 35.0 Å². The second-order valence-electron chi connectivity index (χ2n) is 6.00. The molecule has 0 radical (unpaired) electrons. The molecule has 1 saturated heterocycles. The molecule has 130 valence electrons. The fourth-order valence-corrected chi connectivity index (χ4v) is 3.48. The summed E-state index contributed by atoms with van der Waals surface area (Å²) in [4.78, 5) is 0. The summed E-state index contributed by atoms with van der Waals surface area (Å²) >= 11 is 0.